The van der Waals surface area contributed by atoms with Gasteiger partial charge in [0, 0.05) is 17.4 Å². The van der Waals surface area contributed by atoms with Gasteiger partial charge in [0.2, 0.25) is 0 Å². The monoisotopic (exact) mass is 404 g/mol. The van der Waals surface area contributed by atoms with Gasteiger partial charge in [-0.05, 0) is 37.8 Å². The summed E-state index contributed by atoms with van der Waals surface area (Å²) in [5.74, 6) is 0.298. The number of rotatable bonds is 2. The Hall–Kier alpha value is -1.81. The summed E-state index contributed by atoms with van der Waals surface area (Å²) in [6, 6.07) is -0.255. The van der Waals surface area contributed by atoms with Gasteiger partial charge in [0.1, 0.15) is 11.9 Å². The lowest BCUT2D eigenvalue weighted by atomic mass is 9.95. The lowest BCUT2D eigenvalue weighted by Crippen LogP contribution is -2.34. The summed E-state index contributed by atoms with van der Waals surface area (Å²) in [4.78, 5) is 4.69. The second-order valence-electron chi connectivity index (χ2n) is 6.94. The Bertz CT molecular complexity index is 858. The van der Waals surface area contributed by atoms with E-state index in [1.807, 2.05) is 0 Å². The highest BCUT2D eigenvalue weighted by Gasteiger charge is 2.49. The van der Waals surface area contributed by atoms with Crippen LogP contribution in [0.4, 0.5) is 13.2 Å². The maximum atomic E-state index is 12.6. The topological polar surface area (TPSA) is 77.0 Å². The molecule has 4 rings (SSSR count). The molecule has 0 saturated heterocycles. The second-order valence-corrected chi connectivity index (χ2v) is 8.50. The first-order valence-electron chi connectivity index (χ1n) is 8.88. The highest BCUT2D eigenvalue weighted by molar-refractivity contribution is 7.87. The summed E-state index contributed by atoms with van der Waals surface area (Å²) in [6.07, 6.45) is 9.24. The standard InChI is InChI=1S/C17H19F3N2O4S/c18-17(19,20)27(23,24)26-16-9-15-13(22-16)8-12-11-7-10(21-12)5-3-1-2-4-6-14(11)25-15/h7-9,12,14,16,22H,1-6H2. The number of ether oxygens (including phenoxy) is 1. The average molecular weight is 404 g/mol. The van der Waals surface area contributed by atoms with E-state index in [4.69, 9.17) is 9.73 Å². The summed E-state index contributed by atoms with van der Waals surface area (Å²) >= 11 is 0. The van der Waals surface area contributed by atoms with E-state index >= 15 is 0 Å². The summed E-state index contributed by atoms with van der Waals surface area (Å²) in [7, 11) is -5.71. The molecule has 27 heavy (non-hydrogen) atoms. The Labute approximate surface area is 154 Å². The van der Waals surface area contributed by atoms with Gasteiger partial charge in [0.15, 0.2) is 6.23 Å². The van der Waals surface area contributed by atoms with Crippen molar-refractivity contribution in [2.45, 2.75) is 62.4 Å². The van der Waals surface area contributed by atoms with E-state index in [0.29, 0.717) is 11.5 Å². The first kappa shape index (κ1) is 18.5. The number of halogens is 3. The van der Waals surface area contributed by atoms with E-state index in [0.717, 1.165) is 49.8 Å². The van der Waals surface area contributed by atoms with Gasteiger partial charge in [0.25, 0.3) is 0 Å². The van der Waals surface area contributed by atoms with E-state index < -0.39 is 21.9 Å². The van der Waals surface area contributed by atoms with Crippen LogP contribution in [0.1, 0.15) is 38.5 Å². The fourth-order valence-corrected chi connectivity index (χ4v) is 4.17. The molecule has 0 fully saturated rings. The predicted octanol–water partition coefficient (Wildman–Crippen LogP) is 3.05. The summed E-state index contributed by atoms with van der Waals surface area (Å²) in [6.45, 7) is 0. The Morgan fingerprint density at radius 3 is 2.74 bits per heavy atom. The van der Waals surface area contributed by atoms with Gasteiger partial charge in [-0.2, -0.15) is 21.6 Å². The highest BCUT2D eigenvalue weighted by atomic mass is 32.2. The number of allylic oxidation sites excluding steroid dienone is 1. The van der Waals surface area contributed by atoms with Crippen molar-refractivity contribution in [1.29, 1.82) is 0 Å². The fourth-order valence-electron chi connectivity index (χ4n) is 3.69. The van der Waals surface area contributed by atoms with E-state index in [1.54, 1.807) is 6.08 Å². The predicted molar refractivity (Wildman–Crippen MR) is 91.0 cm³/mol. The third kappa shape index (κ3) is 3.64. The van der Waals surface area contributed by atoms with Gasteiger partial charge in [0.05, 0.1) is 11.7 Å². The van der Waals surface area contributed by atoms with Crippen LogP contribution in [0.15, 0.2) is 40.2 Å². The average Bonchev–Trinajstić information content (AvgIpc) is 3.09. The van der Waals surface area contributed by atoms with E-state index in [-0.39, 0.29) is 12.1 Å². The van der Waals surface area contributed by atoms with Crippen LogP contribution < -0.4 is 5.32 Å². The van der Waals surface area contributed by atoms with Gasteiger partial charge in [-0.25, -0.2) is 4.18 Å². The number of nitrogens with zero attached hydrogens (tertiary/aromatic N) is 1. The van der Waals surface area contributed by atoms with Gasteiger partial charge >= 0.3 is 15.6 Å². The third-order valence-corrected chi connectivity index (χ3v) is 6.00. The van der Waals surface area contributed by atoms with Crippen LogP contribution in [0.5, 0.6) is 0 Å². The molecule has 0 amide bonds. The molecule has 1 aliphatic carbocycles. The number of hydrogen-bond donors (Lipinski definition) is 1. The quantitative estimate of drug-likeness (QED) is 0.566. The Kier molecular flexibility index (Phi) is 4.58. The number of aliphatic imine (C=N–C) groups is 1. The van der Waals surface area contributed by atoms with Crippen LogP contribution in [0.2, 0.25) is 0 Å². The minimum absolute atomic E-state index is 0.242. The van der Waals surface area contributed by atoms with Crippen LogP contribution in [-0.4, -0.2) is 38.0 Å². The van der Waals surface area contributed by atoms with E-state index in [9.17, 15) is 21.6 Å². The molecule has 0 saturated carbocycles. The van der Waals surface area contributed by atoms with E-state index in [2.05, 4.69) is 15.6 Å². The lowest BCUT2D eigenvalue weighted by molar-refractivity contribution is -0.0564. The minimum Gasteiger partial charge on any atom is -0.484 e. The summed E-state index contributed by atoms with van der Waals surface area (Å²) in [5.41, 5.74) is -3.04. The number of fused-ring (bicyclic) bond motifs is 2. The molecule has 148 valence electrons. The smallest absolute Gasteiger partial charge is 0.484 e. The Balaban J connectivity index is 1.60. The van der Waals surface area contributed by atoms with Crippen molar-refractivity contribution in [3.8, 4) is 0 Å². The molecular formula is C17H19F3N2O4S. The lowest BCUT2D eigenvalue weighted by Gasteiger charge is -2.21. The summed E-state index contributed by atoms with van der Waals surface area (Å²) < 4.78 is 70.5. The van der Waals surface area contributed by atoms with Crippen molar-refractivity contribution < 1.29 is 30.5 Å². The van der Waals surface area contributed by atoms with Crippen LogP contribution in [0, 0.1) is 0 Å². The van der Waals surface area contributed by atoms with Gasteiger partial charge in [-0.1, -0.05) is 12.8 Å². The summed E-state index contributed by atoms with van der Waals surface area (Å²) in [5, 5.41) is 2.64. The van der Waals surface area contributed by atoms with Crippen molar-refractivity contribution in [2.75, 3.05) is 0 Å². The third-order valence-electron chi connectivity index (χ3n) is 4.97. The number of nitrogens with one attached hydrogen (secondary N) is 1. The van der Waals surface area contributed by atoms with Crippen molar-refractivity contribution in [3.63, 3.8) is 0 Å². The molecule has 3 unspecified atom stereocenters. The Morgan fingerprint density at radius 2 is 1.96 bits per heavy atom. The Morgan fingerprint density at radius 1 is 1.19 bits per heavy atom. The second kappa shape index (κ2) is 6.66. The van der Waals surface area contributed by atoms with E-state index in [1.165, 1.54) is 6.08 Å². The molecule has 3 atom stereocenters. The van der Waals surface area contributed by atoms with Crippen LogP contribution in [0.25, 0.3) is 0 Å². The molecule has 0 aromatic carbocycles. The zero-order chi connectivity index (χ0) is 19.2. The van der Waals surface area contributed by atoms with Crippen LogP contribution in [0.3, 0.4) is 0 Å². The molecule has 0 aromatic heterocycles. The van der Waals surface area contributed by atoms with Crippen molar-refractivity contribution in [2.24, 2.45) is 4.99 Å². The fraction of sp³-hybridized carbons (Fsp3) is 0.588. The van der Waals surface area contributed by atoms with Gasteiger partial charge < -0.3 is 10.1 Å². The maximum absolute atomic E-state index is 12.6. The molecule has 1 N–H and O–H groups in total. The van der Waals surface area contributed by atoms with Gasteiger partial charge in [-0.15, -0.1) is 0 Å². The number of hydrogen-bond acceptors (Lipinski definition) is 6. The first-order valence-corrected chi connectivity index (χ1v) is 10.3. The van der Waals surface area contributed by atoms with Crippen molar-refractivity contribution in [3.05, 3.63) is 35.3 Å². The molecule has 10 heteroatoms. The minimum atomic E-state index is -5.71. The number of alkyl halides is 3. The van der Waals surface area contributed by atoms with Crippen molar-refractivity contribution >= 4 is 15.8 Å². The largest absolute Gasteiger partial charge is 0.523 e. The molecular weight excluding hydrogens is 385 g/mol. The highest BCUT2D eigenvalue weighted by Crippen LogP contribution is 2.36. The zero-order valence-corrected chi connectivity index (χ0v) is 15.1. The first-order chi connectivity index (χ1) is 12.7. The molecule has 6 nitrogen and oxygen atoms in total. The molecule has 2 bridgehead atoms. The molecule has 3 aliphatic heterocycles. The molecule has 3 heterocycles. The normalized spacial score (nSPS) is 30.7. The molecule has 0 aromatic rings. The van der Waals surface area contributed by atoms with Crippen LogP contribution in [-0.2, 0) is 19.0 Å². The van der Waals surface area contributed by atoms with Gasteiger partial charge in [-0.3, -0.25) is 4.99 Å². The van der Waals surface area contributed by atoms with Crippen molar-refractivity contribution in [1.82, 2.24) is 5.32 Å². The van der Waals surface area contributed by atoms with Crippen LogP contribution >= 0.6 is 0 Å². The molecule has 0 radical (unpaired) electrons. The molecule has 0 spiro atoms. The molecule has 4 aliphatic rings. The SMILES string of the molecule is O=S(=O)(OC1C=C2OC3CCCCCCC4=NC(C=C2N1)C3=C4)C(F)(F)F. The maximum Gasteiger partial charge on any atom is 0.523 e. The zero-order valence-electron chi connectivity index (χ0n) is 14.3.